The van der Waals surface area contributed by atoms with Crippen LogP contribution < -0.4 is 16.0 Å². The van der Waals surface area contributed by atoms with E-state index in [0.717, 1.165) is 25.7 Å². The van der Waals surface area contributed by atoms with Crippen molar-refractivity contribution >= 4 is 11.6 Å². The number of benzene rings is 1. The van der Waals surface area contributed by atoms with Gasteiger partial charge in [0.25, 0.3) is 5.91 Å². The average Bonchev–Trinajstić information content (AvgIpc) is 2.88. The van der Waals surface area contributed by atoms with E-state index in [-0.39, 0.29) is 12.0 Å². The molecule has 1 aliphatic rings. The molecule has 0 atom stereocenters. The maximum absolute atomic E-state index is 11.9. The Bertz CT molecular complexity index is 428. The summed E-state index contributed by atoms with van der Waals surface area (Å²) >= 11 is 0. The van der Waals surface area contributed by atoms with Crippen LogP contribution in [-0.4, -0.2) is 19.1 Å². The highest BCUT2D eigenvalue weighted by Crippen LogP contribution is 2.22. The van der Waals surface area contributed by atoms with Gasteiger partial charge in [-0.3, -0.25) is 9.63 Å². The van der Waals surface area contributed by atoms with Crippen LogP contribution in [0.5, 0.6) is 5.75 Å². The summed E-state index contributed by atoms with van der Waals surface area (Å²) in [6.45, 7) is 0. The molecule has 1 aromatic carbocycles. The zero-order valence-electron chi connectivity index (χ0n) is 10.4. The largest absolute Gasteiger partial charge is 0.496 e. The minimum atomic E-state index is -0.307. The Morgan fingerprint density at radius 1 is 1.39 bits per heavy atom. The Hall–Kier alpha value is -1.75. The van der Waals surface area contributed by atoms with Gasteiger partial charge in [-0.05, 0) is 25.0 Å². The highest BCUT2D eigenvalue weighted by molar-refractivity contribution is 5.96. The second-order valence-electron chi connectivity index (χ2n) is 4.42. The monoisotopic (exact) mass is 250 g/mol. The zero-order valence-corrected chi connectivity index (χ0v) is 10.4. The molecule has 1 saturated carbocycles. The number of hydroxylamine groups is 1. The summed E-state index contributed by atoms with van der Waals surface area (Å²) in [4.78, 5) is 17.3. The Morgan fingerprint density at radius 2 is 2.11 bits per heavy atom. The molecule has 5 heteroatoms. The summed E-state index contributed by atoms with van der Waals surface area (Å²) < 4.78 is 5.12. The Balaban J connectivity index is 1.99. The van der Waals surface area contributed by atoms with Gasteiger partial charge in [0.15, 0.2) is 0 Å². The first-order valence-corrected chi connectivity index (χ1v) is 6.10. The summed E-state index contributed by atoms with van der Waals surface area (Å²) in [5.41, 5.74) is 9.09. The lowest BCUT2D eigenvalue weighted by Gasteiger charge is -2.13. The number of anilines is 1. The van der Waals surface area contributed by atoms with Crippen LogP contribution in [0.4, 0.5) is 5.69 Å². The third kappa shape index (κ3) is 2.92. The van der Waals surface area contributed by atoms with Gasteiger partial charge >= 0.3 is 0 Å². The number of nitrogens with one attached hydrogen (secondary N) is 1. The molecule has 1 fully saturated rings. The van der Waals surface area contributed by atoms with Crippen molar-refractivity contribution in [3.05, 3.63) is 23.8 Å². The molecule has 0 aliphatic heterocycles. The quantitative estimate of drug-likeness (QED) is 0.632. The molecule has 0 unspecified atom stereocenters. The van der Waals surface area contributed by atoms with E-state index in [1.807, 2.05) is 0 Å². The Kier molecular flexibility index (Phi) is 4.04. The molecular formula is C13H18N2O3. The van der Waals surface area contributed by atoms with Crippen LogP contribution in [0.15, 0.2) is 18.2 Å². The van der Waals surface area contributed by atoms with Gasteiger partial charge in [0.2, 0.25) is 0 Å². The van der Waals surface area contributed by atoms with E-state index >= 15 is 0 Å². The van der Waals surface area contributed by atoms with Crippen molar-refractivity contribution in [1.82, 2.24) is 5.48 Å². The highest BCUT2D eigenvalue weighted by atomic mass is 16.7. The fourth-order valence-electron chi connectivity index (χ4n) is 2.09. The van der Waals surface area contributed by atoms with Gasteiger partial charge in [-0.1, -0.05) is 12.8 Å². The molecule has 0 heterocycles. The molecule has 1 aromatic rings. The van der Waals surface area contributed by atoms with Gasteiger partial charge in [0, 0.05) is 11.8 Å². The molecule has 18 heavy (non-hydrogen) atoms. The number of amides is 1. The second kappa shape index (κ2) is 5.73. The van der Waals surface area contributed by atoms with E-state index in [2.05, 4.69) is 5.48 Å². The lowest BCUT2D eigenvalue weighted by Crippen LogP contribution is -2.28. The molecule has 3 N–H and O–H groups in total. The van der Waals surface area contributed by atoms with Crippen molar-refractivity contribution in [3.8, 4) is 5.75 Å². The van der Waals surface area contributed by atoms with Crippen molar-refractivity contribution in [1.29, 1.82) is 0 Å². The molecule has 5 nitrogen and oxygen atoms in total. The van der Waals surface area contributed by atoms with Gasteiger partial charge in [-0.15, -0.1) is 0 Å². The number of nitrogens with two attached hydrogens (primary N) is 1. The van der Waals surface area contributed by atoms with Crippen LogP contribution in [-0.2, 0) is 4.84 Å². The van der Waals surface area contributed by atoms with E-state index in [1.54, 1.807) is 18.2 Å². The number of methoxy groups -OCH3 is 1. The standard InChI is InChI=1S/C13H18N2O3/c1-17-12-8-9(14)6-7-11(12)13(16)15-18-10-4-2-3-5-10/h6-8,10H,2-5,14H2,1H3,(H,15,16). The molecule has 0 spiro atoms. The zero-order chi connectivity index (χ0) is 13.0. The topological polar surface area (TPSA) is 73.6 Å². The van der Waals surface area contributed by atoms with Crippen LogP contribution in [0, 0.1) is 0 Å². The normalized spacial score (nSPS) is 15.6. The van der Waals surface area contributed by atoms with Crippen LogP contribution in [0.25, 0.3) is 0 Å². The van der Waals surface area contributed by atoms with Gasteiger partial charge in [-0.2, -0.15) is 0 Å². The number of ether oxygens (including phenoxy) is 1. The Labute approximate surface area is 106 Å². The van der Waals surface area contributed by atoms with Crippen LogP contribution in [0.3, 0.4) is 0 Å². The number of nitrogen functional groups attached to an aromatic ring is 1. The first-order valence-electron chi connectivity index (χ1n) is 6.10. The lowest BCUT2D eigenvalue weighted by molar-refractivity contribution is -0.0126. The van der Waals surface area contributed by atoms with Crippen molar-refractivity contribution in [2.75, 3.05) is 12.8 Å². The van der Waals surface area contributed by atoms with Crippen LogP contribution in [0.2, 0.25) is 0 Å². The van der Waals surface area contributed by atoms with Gasteiger partial charge < -0.3 is 10.5 Å². The summed E-state index contributed by atoms with van der Waals surface area (Å²) in [7, 11) is 1.50. The molecule has 1 aliphatic carbocycles. The fourth-order valence-corrected chi connectivity index (χ4v) is 2.09. The van der Waals surface area contributed by atoms with Crippen LogP contribution in [0.1, 0.15) is 36.0 Å². The minimum Gasteiger partial charge on any atom is -0.496 e. The molecular weight excluding hydrogens is 232 g/mol. The van der Waals surface area contributed by atoms with E-state index in [4.69, 9.17) is 15.3 Å². The van der Waals surface area contributed by atoms with Gasteiger partial charge in [-0.25, -0.2) is 5.48 Å². The molecule has 98 valence electrons. The van der Waals surface area contributed by atoms with E-state index in [1.165, 1.54) is 7.11 Å². The second-order valence-corrected chi connectivity index (χ2v) is 4.42. The maximum Gasteiger partial charge on any atom is 0.278 e. The maximum atomic E-state index is 11.9. The molecule has 0 saturated heterocycles. The summed E-state index contributed by atoms with van der Waals surface area (Å²) in [5.74, 6) is 0.140. The van der Waals surface area contributed by atoms with Crippen molar-refractivity contribution < 1.29 is 14.4 Å². The number of rotatable bonds is 4. The molecule has 1 amide bonds. The molecule has 0 bridgehead atoms. The summed E-state index contributed by atoms with van der Waals surface area (Å²) in [6.07, 6.45) is 4.45. The number of hydrogen-bond donors (Lipinski definition) is 2. The fraction of sp³-hybridized carbons (Fsp3) is 0.462. The smallest absolute Gasteiger partial charge is 0.278 e. The van der Waals surface area contributed by atoms with Gasteiger partial charge in [0.05, 0.1) is 18.8 Å². The summed E-state index contributed by atoms with van der Waals surface area (Å²) in [6, 6.07) is 4.90. The molecule has 0 aromatic heterocycles. The Morgan fingerprint density at radius 3 is 2.78 bits per heavy atom. The number of hydrogen-bond acceptors (Lipinski definition) is 4. The number of carbonyl (C=O) groups is 1. The first-order chi connectivity index (χ1) is 8.70. The third-order valence-corrected chi connectivity index (χ3v) is 3.09. The van der Waals surface area contributed by atoms with Gasteiger partial charge in [0.1, 0.15) is 5.75 Å². The molecule has 2 rings (SSSR count). The predicted octanol–water partition coefficient (Wildman–Crippen LogP) is 1.88. The van der Waals surface area contributed by atoms with Crippen molar-refractivity contribution in [2.45, 2.75) is 31.8 Å². The lowest BCUT2D eigenvalue weighted by atomic mass is 10.1. The summed E-state index contributed by atoms with van der Waals surface area (Å²) in [5, 5.41) is 0. The van der Waals surface area contributed by atoms with E-state index in [9.17, 15) is 4.79 Å². The van der Waals surface area contributed by atoms with E-state index in [0.29, 0.717) is 17.0 Å². The average molecular weight is 250 g/mol. The third-order valence-electron chi connectivity index (χ3n) is 3.09. The van der Waals surface area contributed by atoms with Crippen LogP contribution >= 0.6 is 0 Å². The SMILES string of the molecule is COc1cc(N)ccc1C(=O)NOC1CCCC1. The highest BCUT2D eigenvalue weighted by Gasteiger charge is 2.18. The minimum absolute atomic E-state index is 0.133. The first kappa shape index (κ1) is 12.7. The molecule has 0 radical (unpaired) electrons. The predicted molar refractivity (Wildman–Crippen MR) is 68.2 cm³/mol. The van der Waals surface area contributed by atoms with Crippen molar-refractivity contribution in [2.24, 2.45) is 0 Å². The number of carbonyl (C=O) groups excluding carboxylic acids is 1. The van der Waals surface area contributed by atoms with E-state index < -0.39 is 0 Å². The van der Waals surface area contributed by atoms with Crippen molar-refractivity contribution in [3.63, 3.8) is 0 Å².